The lowest BCUT2D eigenvalue weighted by molar-refractivity contribution is 0.0738. The number of carbonyl (C=O) groups excluding carboxylic acids is 1. The van der Waals surface area contributed by atoms with E-state index < -0.39 is 5.97 Å². The second kappa shape index (κ2) is 5.26. The Morgan fingerprint density at radius 1 is 0.652 bits per heavy atom. The Labute approximate surface area is 131 Å². The molecular weight excluding hydrogens is 300 g/mol. The fraction of sp³-hybridized carbons (Fsp3) is 0. The molecule has 0 amide bonds. The predicted octanol–water partition coefficient (Wildman–Crippen LogP) is -0.437. The molecule has 2 aromatic rings. The van der Waals surface area contributed by atoms with Gasteiger partial charge in [0.1, 0.15) is 11.3 Å². The Balaban J connectivity index is 2.48. The van der Waals surface area contributed by atoms with E-state index in [2.05, 4.69) is 0 Å². The Morgan fingerprint density at radius 2 is 1.17 bits per heavy atom. The summed E-state index contributed by atoms with van der Waals surface area (Å²) in [7, 11) is 0. The number of ether oxygens (including phenoxy) is 1. The number of hydrogen-bond acceptors (Lipinski definition) is 10. The van der Waals surface area contributed by atoms with Crippen LogP contribution in [0.3, 0.4) is 0 Å². The van der Waals surface area contributed by atoms with E-state index in [1.165, 1.54) is 12.1 Å². The molecule has 10 nitrogen and oxygen atoms in total. The van der Waals surface area contributed by atoms with E-state index in [1.807, 2.05) is 0 Å². The number of nitrogens with two attached hydrogens (primary N) is 8. The number of esters is 1. The van der Waals surface area contributed by atoms with Crippen molar-refractivity contribution in [2.45, 2.75) is 0 Å². The number of nitrogen functional groups attached to an aromatic ring is 8. The molecule has 0 bridgehead atoms. The molecule has 0 heterocycles. The molecule has 0 aromatic heterocycles. The van der Waals surface area contributed by atoms with Gasteiger partial charge in [-0.2, -0.15) is 0 Å². The van der Waals surface area contributed by atoms with Crippen LogP contribution in [-0.4, -0.2) is 5.97 Å². The van der Waals surface area contributed by atoms with Crippen LogP contribution in [0.1, 0.15) is 10.4 Å². The molecule has 0 spiro atoms. The van der Waals surface area contributed by atoms with Gasteiger partial charge in [-0.3, -0.25) is 0 Å². The molecule has 0 unspecified atom stereocenters. The molecule has 0 aliphatic heterocycles. The highest BCUT2D eigenvalue weighted by molar-refractivity contribution is 6.07. The second-order valence-electron chi connectivity index (χ2n) is 4.85. The molecule has 0 saturated carbocycles. The highest BCUT2D eigenvalue weighted by atomic mass is 16.5. The summed E-state index contributed by atoms with van der Waals surface area (Å²) in [4.78, 5) is 12.3. The van der Waals surface area contributed by atoms with Crippen LogP contribution in [0.5, 0.6) is 5.75 Å². The van der Waals surface area contributed by atoms with Crippen molar-refractivity contribution >= 4 is 51.5 Å². The van der Waals surface area contributed by atoms with Crippen LogP contribution in [0.15, 0.2) is 12.1 Å². The minimum Gasteiger partial charge on any atom is -0.420 e. The van der Waals surface area contributed by atoms with Crippen molar-refractivity contribution in [3.05, 3.63) is 17.7 Å². The van der Waals surface area contributed by atoms with Crippen molar-refractivity contribution in [1.82, 2.24) is 0 Å². The number of hydrogen-bond donors (Lipinski definition) is 8. The lowest BCUT2D eigenvalue weighted by atomic mass is 10.1. The van der Waals surface area contributed by atoms with Gasteiger partial charge in [0.25, 0.3) is 0 Å². The van der Waals surface area contributed by atoms with Crippen LogP contribution in [0.2, 0.25) is 0 Å². The Hall–Kier alpha value is -3.69. The Morgan fingerprint density at radius 3 is 1.78 bits per heavy atom. The molecule has 23 heavy (non-hydrogen) atoms. The van der Waals surface area contributed by atoms with Crippen molar-refractivity contribution in [3.8, 4) is 5.75 Å². The average Bonchev–Trinajstić information content (AvgIpc) is 2.48. The average molecular weight is 318 g/mol. The maximum Gasteiger partial charge on any atom is 0.347 e. The molecule has 10 heteroatoms. The highest BCUT2D eigenvalue weighted by Crippen LogP contribution is 2.38. The zero-order valence-corrected chi connectivity index (χ0v) is 12.1. The Bertz CT molecular complexity index is 819. The number of rotatable bonds is 2. The topological polar surface area (TPSA) is 234 Å². The van der Waals surface area contributed by atoms with Crippen LogP contribution in [0.4, 0.5) is 45.5 Å². The van der Waals surface area contributed by atoms with Gasteiger partial charge in [-0.1, -0.05) is 0 Å². The quantitative estimate of drug-likeness (QED) is 0.202. The first-order chi connectivity index (χ1) is 10.6. The first-order valence-corrected chi connectivity index (χ1v) is 6.33. The number of benzene rings is 2. The largest absolute Gasteiger partial charge is 0.420 e. The van der Waals surface area contributed by atoms with Gasteiger partial charge >= 0.3 is 5.97 Å². The standard InChI is InChI=1S/C13H18N8O2/c14-3-1-4(15)8(17)11(20)7(3)13(22)23-6-2-5(16)9(18)12(21)10(6)19/h1-2H,14-21H2. The van der Waals surface area contributed by atoms with E-state index in [0.717, 1.165) is 0 Å². The molecule has 0 aliphatic carbocycles. The van der Waals surface area contributed by atoms with Crippen molar-refractivity contribution < 1.29 is 9.53 Å². The molecule has 0 saturated heterocycles. The van der Waals surface area contributed by atoms with Crippen molar-refractivity contribution in [1.29, 1.82) is 0 Å². The molecule has 0 radical (unpaired) electrons. The molecule has 0 aliphatic rings. The first-order valence-electron chi connectivity index (χ1n) is 6.33. The monoisotopic (exact) mass is 318 g/mol. The molecule has 0 fully saturated rings. The van der Waals surface area contributed by atoms with Gasteiger partial charge in [0.15, 0.2) is 5.75 Å². The van der Waals surface area contributed by atoms with E-state index in [0.29, 0.717) is 0 Å². The minimum atomic E-state index is -0.887. The van der Waals surface area contributed by atoms with Crippen LogP contribution < -0.4 is 50.6 Å². The second-order valence-corrected chi connectivity index (χ2v) is 4.85. The zero-order valence-electron chi connectivity index (χ0n) is 12.1. The van der Waals surface area contributed by atoms with E-state index in [9.17, 15) is 4.79 Å². The summed E-state index contributed by atoms with van der Waals surface area (Å²) < 4.78 is 5.17. The van der Waals surface area contributed by atoms with Gasteiger partial charge in [-0.05, 0) is 6.07 Å². The van der Waals surface area contributed by atoms with Crippen LogP contribution in [0.25, 0.3) is 0 Å². The summed E-state index contributed by atoms with van der Waals surface area (Å²) in [5.41, 5.74) is 45.7. The summed E-state index contributed by atoms with van der Waals surface area (Å²) in [5, 5.41) is 0. The molecule has 122 valence electrons. The van der Waals surface area contributed by atoms with Gasteiger partial charge in [-0.15, -0.1) is 0 Å². The zero-order chi connectivity index (χ0) is 17.5. The highest BCUT2D eigenvalue weighted by Gasteiger charge is 2.22. The van der Waals surface area contributed by atoms with Gasteiger partial charge in [0, 0.05) is 6.07 Å². The van der Waals surface area contributed by atoms with Crippen molar-refractivity contribution in [2.75, 3.05) is 45.9 Å². The maximum absolute atomic E-state index is 12.3. The van der Waals surface area contributed by atoms with Gasteiger partial charge in [-0.25, -0.2) is 4.79 Å². The minimum absolute atomic E-state index is 0.00515. The SMILES string of the molecule is Nc1cc(OC(=O)c2c(N)cc(N)c(N)c2N)c(N)c(N)c1N. The van der Waals surface area contributed by atoms with E-state index in [1.54, 1.807) is 0 Å². The molecule has 16 N–H and O–H groups in total. The third kappa shape index (κ3) is 2.48. The first kappa shape index (κ1) is 15.7. The van der Waals surface area contributed by atoms with Crippen LogP contribution in [-0.2, 0) is 0 Å². The number of carbonyl (C=O) groups is 1. The van der Waals surface area contributed by atoms with Gasteiger partial charge in [0.05, 0.1) is 39.8 Å². The third-order valence-electron chi connectivity index (χ3n) is 3.32. The lowest BCUT2D eigenvalue weighted by Crippen LogP contribution is -2.17. The van der Waals surface area contributed by atoms with Gasteiger partial charge < -0.3 is 50.6 Å². The van der Waals surface area contributed by atoms with E-state index in [-0.39, 0.29) is 56.8 Å². The molecule has 0 atom stereocenters. The smallest absolute Gasteiger partial charge is 0.347 e. The summed E-state index contributed by atoms with van der Waals surface area (Å²) in [6.45, 7) is 0. The summed E-state index contributed by atoms with van der Waals surface area (Å²) >= 11 is 0. The van der Waals surface area contributed by atoms with Crippen LogP contribution >= 0.6 is 0 Å². The third-order valence-corrected chi connectivity index (χ3v) is 3.32. The van der Waals surface area contributed by atoms with Gasteiger partial charge in [0.2, 0.25) is 0 Å². The molecular formula is C13H18N8O2. The number of anilines is 8. The predicted molar refractivity (Wildman–Crippen MR) is 93.1 cm³/mol. The Kier molecular flexibility index (Phi) is 3.59. The fourth-order valence-electron chi connectivity index (χ4n) is 1.96. The van der Waals surface area contributed by atoms with Crippen molar-refractivity contribution in [2.24, 2.45) is 0 Å². The van der Waals surface area contributed by atoms with E-state index in [4.69, 9.17) is 50.6 Å². The van der Waals surface area contributed by atoms with Crippen LogP contribution in [0, 0.1) is 0 Å². The fourth-order valence-corrected chi connectivity index (χ4v) is 1.96. The maximum atomic E-state index is 12.3. The van der Waals surface area contributed by atoms with Crippen molar-refractivity contribution in [3.63, 3.8) is 0 Å². The lowest BCUT2D eigenvalue weighted by Gasteiger charge is -2.15. The van der Waals surface area contributed by atoms with E-state index >= 15 is 0 Å². The molecule has 2 aromatic carbocycles. The normalized spacial score (nSPS) is 10.4. The summed E-state index contributed by atoms with van der Waals surface area (Å²) in [5.74, 6) is -0.963. The summed E-state index contributed by atoms with van der Waals surface area (Å²) in [6, 6.07) is 2.57. The molecule has 2 rings (SSSR count). The summed E-state index contributed by atoms with van der Waals surface area (Å²) in [6.07, 6.45) is 0.